The van der Waals surface area contributed by atoms with Gasteiger partial charge in [0.25, 0.3) is 0 Å². The Morgan fingerprint density at radius 1 is 1.37 bits per heavy atom. The average molecular weight is 272 g/mol. The molecule has 1 atom stereocenters. The van der Waals surface area contributed by atoms with E-state index in [0.717, 1.165) is 25.7 Å². The quantitative estimate of drug-likeness (QED) is 0.667. The molecule has 112 valence electrons. The first-order valence-corrected chi connectivity index (χ1v) is 7.03. The van der Waals surface area contributed by atoms with E-state index in [2.05, 4.69) is 19.2 Å². The fraction of sp³-hybridized carbons (Fsp3) is 0.929. The third-order valence-electron chi connectivity index (χ3n) is 4.10. The summed E-state index contributed by atoms with van der Waals surface area (Å²) >= 11 is 0. The van der Waals surface area contributed by atoms with E-state index < -0.39 is 11.6 Å². The van der Waals surface area contributed by atoms with Crippen molar-refractivity contribution in [2.45, 2.75) is 57.6 Å². The van der Waals surface area contributed by atoms with Crippen LogP contribution in [0.4, 0.5) is 0 Å². The molecule has 5 nitrogen and oxygen atoms in total. The molecule has 0 aromatic heterocycles. The maximum Gasteiger partial charge on any atom is 0.237 e. The van der Waals surface area contributed by atoms with Crippen molar-refractivity contribution in [3.8, 4) is 0 Å². The predicted octanol–water partition coefficient (Wildman–Crippen LogP) is 0.798. The zero-order valence-electron chi connectivity index (χ0n) is 12.4. The summed E-state index contributed by atoms with van der Waals surface area (Å²) in [6.07, 6.45) is 3.92. The van der Waals surface area contributed by atoms with Gasteiger partial charge in [-0.25, -0.2) is 0 Å². The zero-order chi connectivity index (χ0) is 14.5. The fourth-order valence-electron chi connectivity index (χ4n) is 2.33. The number of carbonyl (C=O) groups is 1. The van der Waals surface area contributed by atoms with Crippen molar-refractivity contribution in [3.63, 3.8) is 0 Å². The fourth-order valence-corrected chi connectivity index (χ4v) is 2.33. The molecule has 0 bridgehead atoms. The molecule has 19 heavy (non-hydrogen) atoms. The third-order valence-corrected chi connectivity index (χ3v) is 4.10. The molecule has 1 aliphatic rings. The van der Waals surface area contributed by atoms with Crippen molar-refractivity contribution in [1.82, 2.24) is 5.32 Å². The molecule has 0 aromatic carbocycles. The Labute approximate surface area is 115 Å². The summed E-state index contributed by atoms with van der Waals surface area (Å²) in [5.41, 5.74) is 5.26. The minimum absolute atomic E-state index is 0.213. The summed E-state index contributed by atoms with van der Waals surface area (Å²) in [7, 11) is 1.58. The molecule has 0 saturated heterocycles. The standard InChI is InChI=1S/C14H28N2O3/c1-13(2)5-7-14(18,8-6-13)10-16-12(17)11(15)4-9-19-3/h11,18H,4-10,15H2,1-3H3,(H,16,17). The van der Waals surface area contributed by atoms with Crippen LogP contribution in [0.15, 0.2) is 0 Å². The number of amides is 1. The highest BCUT2D eigenvalue weighted by atomic mass is 16.5. The van der Waals surface area contributed by atoms with Crippen LogP contribution in [0.5, 0.6) is 0 Å². The van der Waals surface area contributed by atoms with Crippen LogP contribution in [-0.2, 0) is 9.53 Å². The van der Waals surface area contributed by atoms with Gasteiger partial charge in [0, 0.05) is 20.3 Å². The monoisotopic (exact) mass is 272 g/mol. The summed E-state index contributed by atoms with van der Waals surface area (Å²) in [6.45, 7) is 5.19. The molecule has 0 heterocycles. The number of methoxy groups -OCH3 is 1. The highest BCUT2D eigenvalue weighted by Crippen LogP contribution is 2.39. The van der Waals surface area contributed by atoms with Crippen molar-refractivity contribution >= 4 is 5.91 Å². The molecular formula is C14H28N2O3. The Morgan fingerprint density at radius 3 is 2.47 bits per heavy atom. The molecule has 1 fully saturated rings. The summed E-state index contributed by atoms with van der Waals surface area (Å²) in [6, 6.07) is -0.566. The van der Waals surface area contributed by atoms with Gasteiger partial charge in [-0.2, -0.15) is 0 Å². The molecule has 1 rings (SSSR count). The Bertz CT molecular complexity index is 295. The van der Waals surface area contributed by atoms with Crippen molar-refractivity contribution in [2.75, 3.05) is 20.3 Å². The summed E-state index contributed by atoms with van der Waals surface area (Å²) in [4.78, 5) is 11.8. The molecule has 1 unspecified atom stereocenters. The van der Waals surface area contributed by atoms with E-state index >= 15 is 0 Å². The minimum Gasteiger partial charge on any atom is -0.388 e. The largest absolute Gasteiger partial charge is 0.388 e. The lowest BCUT2D eigenvalue weighted by atomic mass is 9.71. The first kappa shape index (κ1) is 16.4. The summed E-state index contributed by atoms with van der Waals surface area (Å²) in [5.74, 6) is -0.213. The van der Waals surface area contributed by atoms with Crippen LogP contribution in [-0.4, -0.2) is 42.9 Å². The number of ether oxygens (including phenoxy) is 1. The molecule has 0 aliphatic heterocycles. The van der Waals surface area contributed by atoms with Gasteiger partial charge in [-0.1, -0.05) is 13.8 Å². The molecule has 0 aromatic rings. The SMILES string of the molecule is COCCC(N)C(=O)NCC1(O)CCC(C)(C)CC1. The molecule has 5 heteroatoms. The van der Waals surface area contributed by atoms with Crippen molar-refractivity contribution in [1.29, 1.82) is 0 Å². The number of aliphatic hydroxyl groups is 1. The van der Waals surface area contributed by atoms with Crippen LogP contribution in [0.1, 0.15) is 46.0 Å². The zero-order valence-corrected chi connectivity index (χ0v) is 12.4. The maximum absolute atomic E-state index is 11.8. The van der Waals surface area contributed by atoms with Gasteiger partial charge in [0.2, 0.25) is 5.91 Å². The van der Waals surface area contributed by atoms with Gasteiger partial charge in [-0.15, -0.1) is 0 Å². The van der Waals surface area contributed by atoms with Gasteiger partial charge in [0.15, 0.2) is 0 Å². The van der Waals surface area contributed by atoms with E-state index in [0.29, 0.717) is 25.0 Å². The Kier molecular flexibility index (Phi) is 5.77. The number of nitrogens with two attached hydrogens (primary N) is 1. The Balaban J connectivity index is 2.33. The first-order valence-electron chi connectivity index (χ1n) is 7.03. The lowest BCUT2D eigenvalue weighted by molar-refractivity contribution is -0.124. The Morgan fingerprint density at radius 2 is 1.95 bits per heavy atom. The Hall–Kier alpha value is -0.650. The number of hydrogen-bond donors (Lipinski definition) is 3. The van der Waals surface area contributed by atoms with Gasteiger partial charge in [0.05, 0.1) is 11.6 Å². The van der Waals surface area contributed by atoms with Crippen molar-refractivity contribution < 1.29 is 14.6 Å². The van der Waals surface area contributed by atoms with E-state index in [1.807, 2.05) is 0 Å². The van der Waals surface area contributed by atoms with E-state index in [1.54, 1.807) is 7.11 Å². The normalized spacial score (nSPS) is 22.8. The van der Waals surface area contributed by atoms with Crippen LogP contribution >= 0.6 is 0 Å². The van der Waals surface area contributed by atoms with E-state index in [4.69, 9.17) is 10.5 Å². The number of rotatable bonds is 6. The molecule has 1 amide bonds. The summed E-state index contributed by atoms with van der Waals surface area (Å²) in [5, 5.41) is 13.2. The van der Waals surface area contributed by atoms with Crippen LogP contribution in [0, 0.1) is 5.41 Å². The lowest BCUT2D eigenvalue weighted by Gasteiger charge is -2.40. The smallest absolute Gasteiger partial charge is 0.237 e. The number of carbonyl (C=O) groups excluding carboxylic acids is 1. The van der Waals surface area contributed by atoms with Crippen LogP contribution in [0.25, 0.3) is 0 Å². The van der Waals surface area contributed by atoms with Gasteiger partial charge < -0.3 is 20.9 Å². The molecule has 4 N–H and O–H groups in total. The number of nitrogens with one attached hydrogen (secondary N) is 1. The van der Waals surface area contributed by atoms with Gasteiger partial charge >= 0.3 is 0 Å². The van der Waals surface area contributed by atoms with Crippen LogP contribution in [0.2, 0.25) is 0 Å². The van der Waals surface area contributed by atoms with E-state index in [1.165, 1.54) is 0 Å². The third kappa shape index (κ3) is 5.47. The van der Waals surface area contributed by atoms with E-state index in [9.17, 15) is 9.90 Å². The van der Waals surface area contributed by atoms with E-state index in [-0.39, 0.29) is 5.91 Å². The van der Waals surface area contributed by atoms with Crippen molar-refractivity contribution in [2.24, 2.45) is 11.1 Å². The molecular weight excluding hydrogens is 244 g/mol. The second kappa shape index (κ2) is 6.68. The van der Waals surface area contributed by atoms with Gasteiger partial charge in [-0.3, -0.25) is 4.79 Å². The molecule has 0 spiro atoms. The molecule has 1 saturated carbocycles. The topological polar surface area (TPSA) is 84.6 Å². The minimum atomic E-state index is -0.772. The lowest BCUT2D eigenvalue weighted by Crippen LogP contribution is -2.50. The average Bonchev–Trinajstić information content (AvgIpc) is 2.37. The maximum atomic E-state index is 11.8. The predicted molar refractivity (Wildman–Crippen MR) is 74.7 cm³/mol. The molecule has 1 aliphatic carbocycles. The number of hydrogen-bond acceptors (Lipinski definition) is 4. The highest BCUT2D eigenvalue weighted by molar-refractivity contribution is 5.81. The molecule has 0 radical (unpaired) electrons. The van der Waals surface area contributed by atoms with Crippen molar-refractivity contribution in [3.05, 3.63) is 0 Å². The van der Waals surface area contributed by atoms with Crippen LogP contribution in [0.3, 0.4) is 0 Å². The van der Waals surface area contributed by atoms with Gasteiger partial charge in [0.1, 0.15) is 0 Å². The second-order valence-electron chi connectivity index (χ2n) is 6.49. The van der Waals surface area contributed by atoms with Crippen LogP contribution < -0.4 is 11.1 Å². The summed E-state index contributed by atoms with van der Waals surface area (Å²) < 4.78 is 4.89. The highest BCUT2D eigenvalue weighted by Gasteiger charge is 2.36. The first-order chi connectivity index (χ1) is 8.78. The van der Waals surface area contributed by atoms with Gasteiger partial charge in [-0.05, 0) is 37.5 Å². The second-order valence-corrected chi connectivity index (χ2v) is 6.49.